The maximum absolute atomic E-state index is 4.57. The highest BCUT2D eigenvalue weighted by Crippen LogP contribution is 2.44. The van der Waals surface area contributed by atoms with Gasteiger partial charge in [-0.2, -0.15) is 0 Å². The van der Waals surface area contributed by atoms with Gasteiger partial charge in [0.05, 0.1) is 11.0 Å². The molecule has 79 valence electrons. The van der Waals surface area contributed by atoms with Gasteiger partial charge in [-0.1, -0.05) is 0 Å². The monoisotopic (exact) mass is 210 g/mol. The van der Waals surface area contributed by atoms with Crippen molar-refractivity contribution < 1.29 is 0 Å². The molecule has 1 radical (unpaired) electrons. The van der Waals surface area contributed by atoms with Gasteiger partial charge < -0.3 is 0 Å². The van der Waals surface area contributed by atoms with Crippen LogP contribution in [0.25, 0.3) is 11.0 Å². The molecule has 3 heteroatoms. The van der Waals surface area contributed by atoms with Gasteiger partial charge in [0.25, 0.3) is 0 Å². The molecule has 2 aliphatic rings. The Bertz CT molecular complexity index is 516. The van der Waals surface area contributed by atoms with E-state index in [-0.39, 0.29) is 0 Å². The van der Waals surface area contributed by atoms with Crippen molar-refractivity contribution in [3.05, 3.63) is 35.7 Å². The van der Waals surface area contributed by atoms with Crippen LogP contribution in [0, 0.1) is 0 Å². The van der Waals surface area contributed by atoms with E-state index in [1.807, 2.05) is 0 Å². The van der Waals surface area contributed by atoms with Gasteiger partial charge in [-0.15, -0.1) is 0 Å². The Labute approximate surface area is 93.9 Å². The number of rotatable bonds is 0. The predicted octanol–water partition coefficient (Wildman–Crippen LogP) is 1.82. The summed E-state index contributed by atoms with van der Waals surface area (Å²) in [7, 11) is 0. The highest BCUT2D eigenvalue weighted by atomic mass is 14.9. The van der Waals surface area contributed by atoms with E-state index in [0.717, 1.165) is 24.1 Å². The van der Waals surface area contributed by atoms with Gasteiger partial charge in [0.2, 0.25) is 0 Å². The summed E-state index contributed by atoms with van der Waals surface area (Å²) >= 11 is 0. The third-order valence-corrected chi connectivity index (χ3v) is 3.82. The van der Waals surface area contributed by atoms with E-state index in [0.29, 0.717) is 11.8 Å². The molecule has 0 spiro atoms. The molecule has 0 amide bonds. The largest absolute Gasteiger partial charge is 0.253 e. The van der Waals surface area contributed by atoms with Gasteiger partial charge in [-0.25, -0.2) is 5.32 Å². The number of aromatic nitrogens is 2. The van der Waals surface area contributed by atoms with Gasteiger partial charge >= 0.3 is 0 Å². The van der Waals surface area contributed by atoms with Crippen LogP contribution in [0.5, 0.6) is 0 Å². The zero-order valence-electron chi connectivity index (χ0n) is 8.93. The lowest BCUT2D eigenvalue weighted by atomic mass is 9.98. The first-order valence-corrected chi connectivity index (χ1v) is 5.79. The molecule has 1 fully saturated rings. The van der Waals surface area contributed by atoms with E-state index in [1.165, 1.54) is 17.5 Å². The fraction of sp³-hybridized carbons (Fsp3) is 0.385. The fourth-order valence-corrected chi connectivity index (χ4v) is 3.08. The lowest BCUT2D eigenvalue weighted by Gasteiger charge is -2.18. The Kier molecular flexibility index (Phi) is 1.63. The molecule has 1 aromatic carbocycles. The summed E-state index contributed by atoms with van der Waals surface area (Å²) in [6, 6.07) is 4.45. The van der Waals surface area contributed by atoms with E-state index >= 15 is 0 Å². The molecule has 16 heavy (non-hydrogen) atoms. The van der Waals surface area contributed by atoms with E-state index in [2.05, 4.69) is 27.4 Å². The second-order valence-corrected chi connectivity index (χ2v) is 4.74. The van der Waals surface area contributed by atoms with E-state index in [4.69, 9.17) is 0 Å². The first-order valence-electron chi connectivity index (χ1n) is 5.79. The van der Waals surface area contributed by atoms with E-state index in [9.17, 15) is 0 Å². The Morgan fingerprint density at radius 2 is 1.44 bits per heavy atom. The van der Waals surface area contributed by atoms with Crippen LogP contribution >= 0.6 is 0 Å². The number of benzene rings is 1. The van der Waals surface area contributed by atoms with Crippen molar-refractivity contribution >= 4 is 11.0 Å². The summed E-state index contributed by atoms with van der Waals surface area (Å²) < 4.78 is 0. The van der Waals surface area contributed by atoms with Gasteiger partial charge in [-0.3, -0.25) is 9.97 Å². The smallest absolute Gasteiger partial charge is 0.0889 e. The molecule has 0 saturated carbocycles. The average Bonchev–Trinajstić information content (AvgIpc) is 2.59. The number of fused-ring (bicyclic) bond motifs is 6. The topological polar surface area (TPSA) is 39.9 Å². The number of hydrogen-bond acceptors (Lipinski definition) is 2. The van der Waals surface area contributed by atoms with Crippen molar-refractivity contribution in [3.8, 4) is 0 Å². The molecule has 4 rings (SSSR count). The van der Waals surface area contributed by atoms with E-state index in [1.54, 1.807) is 12.4 Å². The minimum Gasteiger partial charge on any atom is -0.253 e. The summed E-state index contributed by atoms with van der Waals surface area (Å²) in [6.45, 7) is 1.99. The molecule has 1 aromatic heterocycles. The van der Waals surface area contributed by atoms with Crippen LogP contribution in [-0.4, -0.2) is 23.1 Å². The second kappa shape index (κ2) is 3.01. The van der Waals surface area contributed by atoms with Crippen LogP contribution < -0.4 is 5.32 Å². The lowest BCUT2D eigenvalue weighted by molar-refractivity contribution is 0.446. The first-order chi connectivity index (χ1) is 7.92. The molecule has 2 atom stereocenters. The summed E-state index contributed by atoms with van der Waals surface area (Å²) in [5, 5.41) is 4.57. The summed E-state index contributed by atoms with van der Waals surface area (Å²) in [6.07, 6.45) is 4.80. The van der Waals surface area contributed by atoms with Gasteiger partial charge in [0.1, 0.15) is 0 Å². The first kappa shape index (κ1) is 8.65. The minimum atomic E-state index is 0.639. The Morgan fingerprint density at radius 1 is 0.875 bits per heavy atom. The minimum absolute atomic E-state index is 0.639. The number of hydrogen-bond donors (Lipinski definition) is 0. The predicted molar refractivity (Wildman–Crippen MR) is 61.5 cm³/mol. The standard InChI is InChI=1S/C13H12N3/c1-2-16-13-5-11-9-3-8(6-14-7-9)10(11)4-12(13)15-1/h1-2,4-5,8-9H,3,6-7H2. The highest BCUT2D eigenvalue weighted by molar-refractivity contribution is 5.77. The van der Waals surface area contributed by atoms with Crippen molar-refractivity contribution in [1.29, 1.82) is 0 Å². The molecule has 2 bridgehead atoms. The maximum atomic E-state index is 4.57. The highest BCUT2D eigenvalue weighted by Gasteiger charge is 2.34. The molecule has 0 N–H and O–H groups in total. The fourth-order valence-electron chi connectivity index (χ4n) is 3.08. The zero-order chi connectivity index (χ0) is 10.5. The summed E-state index contributed by atoms with van der Waals surface area (Å²) in [5.74, 6) is 1.28. The van der Waals surface area contributed by atoms with Crippen molar-refractivity contribution in [3.63, 3.8) is 0 Å². The molecule has 2 heterocycles. The third-order valence-electron chi connectivity index (χ3n) is 3.82. The molecule has 2 unspecified atom stereocenters. The molecule has 3 nitrogen and oxygen atoms in total. The Morgan fingerprint density at radius 3 is 2.00 bits per heavy atom. The van der Waals surface area contributed by atoms with Crippen molar-refractivity contribution in [2.45, 2.75) is 18.3 Å². The van der Waals surface area contributed by atoms with Crippen LogP contribution in [0.1, 0.15) is 29.4 Å². The second-order valence-electron chi connectivity index (χ2n) is 4.74. The molecule has 1 saturated heterocycles. The Balaban J connectivity index is 2.01. The van der Waals surface area contributed by atoms with E-state index < -0.39 is 0 Å². The molecule has 2 aromatic rings. The normalized spacial score (nSPS) is 27.0. The van der Waals surface area contributed by atoms with Crippen LogP contribution in [0.2, 0.25) is 0 Å². The van der Waals surface area contributed by atoms with Gasteiger partial charge in [-0.05, 0) is 41.5 Å². The maximum Gasteiger partial charge on any atom is 0.0889 e. The van der Waals surface area contributed by atoms with Gasteiger partial charge in [0, 0.05) is 25.5 Å². The number of nitrogens with zero attached hydrogens (tertiary/aromatic N) is 3. The van der Waals surface area contributed by atoms with Crippen molar-refractivity contribution in [1.82, 2.24) is 15.3 Å². The number of piperidine rings is 1. The van der Waals surface area contributed by atoms with Crippen molar-refractivity contribution in [2.24, 2.45) is 0 Å². The quantitative estimate of drug-likeness (QED) is 0.665. The molecular weight excluding hydrogens is 198 g/mol. The lowest BCUT2D eigenvalue weighted by Crippen LogP contribution is -2.22. The average molecular weight is 210 g/mol. The van der Waals surface area contributed by atoms with Crippen LogP contribution in [-0.2, 0) is 0 Å². The van der Waals surface area contributed by atoms with Crippen molar-refractivity contribution in [2.75, 3.05) is 13.1 Å². The molecular formula is C13H12N3. The van der Waals surface area contributed by atoms with Crippen LogP contribution in [0.3, 0.4) is 0 Å². The SMILES string of the molecule is c1cnc2cc3c(cc2n1)C1C[N]CC3C1. The summed E-state index contributed by atoms with van der Waals surface area (Å²) in [4.78, 5) is 8.76. The summed E-state index contributed by atoms with van der Waals surface area (Å²) in [5.41, 5.74) is 4.99. The van der Waals surface area contributed by atoms with Crippen LogP contribution in [0.15, 0.2) is 24.5 Å². The van der Waals surface area contributed by atoms with Crippen LogP contribution in [0.4, 0.5) is 0 Å². The van der Waals surface area contributed by atoms with Gasteiger partial charge in [0.15, 0.2) is 0 Å². The molecule has 1 aliphatic heterocycles. The molecule has 1 aliphatic carbocycles. The Hall–Kier alpha value is -1.48. The third kappa shape index (κ3) is 1.06. The zero-order valence-corrected chi connectivity index (χ0v) is 8.93.